The summed E-state index contributed by atoms with van der Waals surface area (Å²) in [5.74, 6) is 1.96. The van der Waals surface area contributed by atoms with E-state index in [9.17, 15) is 0 Å². The van der Waals surface area contributed by atoms with Gasteiger partial charge in [0.2, 0.25) is 17.1 Å². The predicted octanol–water partition coefficient (Wildman–Crippen LogP) is 19.8. The van der Waals surface area contributed by atoms with Crippen molar-refractivity contribution in [2.75, 3.05) is 0 Å². The molecule has 20 rings (SSSR count). The lowest BCUT2D eigenvalue weighted by molar-refractivity contribution is -0.663. The zero-order valence-corrected chi connectivity index (χ0v) is 66.9. The minimum absolute atomic E-state index is 0.967. The van der Waals surface area contributed by atoms with E-state index in [1.54, 1.807) is 0 Å². The highest BCUT2D eigenvalue weighted by molar-refractivity contribution is 6.12. The predicted molar refractivity (Wildman–Crippen MR) is 463 cm³/mol. The molecule has 0 aliphatic carbocycles. The van der Waals surface area contributed by atoms with Crippen LogP contribution in [0.5, 0.6) is 0 Å². The third-order valence-electron chi connectivity index (χ3n) is 21.7. The van der Waals surface area contributed by atoms with E-state index < -0.39 is 0 Å². The number of rotatable bonds is 5. The first kappa shape index (κ1) is 74.1. The SMILES string of the molecule is Cc1c[n+](C)c(-c2cc3c(cc2C)ncc2ccccc23)cn1.Cc1c[n+](C)c(-c2cc3c(ccc4ccccc43)cc2C)cn1.Cc1c[n+](C)c(-c2cc3c(cnc4ccccc43)cc2C)cn1.Cc1cc2ncc3ccccc3c2cc1-c1nccc[n+]1C.Cc1cc[n+](C)c(-c2cc3c(cnc4ccccc43)cc2C)n1. The average Bonchev–Trinajstić information content (AvgIpc) is 0.786. The van der Waals surface area contributed by atoms with E-state index in [0.717, 1.165) is 84.5 Å². The molecule has 0 unspecified atom stereocenters. The van der Waals surface area contributed by atoms with Crippen LogP contribution in [-0.4, -0.2) is 44.9 Å². The zero-order valence-electron chi connectivity index (χ0n) is 66.9. The number of pyridine rings is 4. The first-order chi connectivity index (χ1) is 55.3. The minimum atomic E-state index is 0.967. The fourth-order valence-electron chi connectivity index (χ4n) is 15.8. The molecule has 0 aliphatic rings. The molecule has 20 aromatic rings. The maximum absolute atomic E-state index is 4.74. The summed E-state index contributed by atoms with van der Waals surface area (Å²) in [6.07, 6.45) is 25.8. The van der Waals surface area contributed by atoms with Crippen molar-refractivity contribution in [3.05, 3.63) is 337 Å². The number of para-hydroxylation sites is 2. The van der Waals surface area contributed by atoms with Crippen molar-refractivity contribution in [1.82, 2.24) is 44.9 Å². The Morgan fingerprint density at radius 3 is 1.06 bits per heavy atom. The van der Waals surface area contributed by atoms with Crippen LogP contribution in [0.4, 0.5) is 0 Å². The fraction of sp³-hybridized carbons (Fsp3) is 0.140. The summed E-state index contributed by atoms with van der Waals surface area (Å²) >= 11 is 0. The Bertz CT molecular complexity index is 6790. The van der Waals surface area contributed by atoms with Gasteiger partial charge in [-0.25, -0.2) is 24.1 Å². The summed E-state index contributed by atoms with van der Waals surface area (Å²) in [6, 6.07) is 72.5. The van der Waals surface area contributed by atoms with E-state index in [2.05, 4.69) is 315 Å². The third-order valence-corrected chi connectivity index (χ3v) is 21.7. The van der Waals surface area contributed by atoms with E-state index in [0.29, 0.717) is 0 Å². The second-order valence-corrected chi connectivity index (χ2v) is 29.9. The number of aryl methyl sites for hydroxylation is 14. The molecular formula is C100H89N14+5. The Labute approximate surface area is 663 Å². The fourth-order valence-corrected chi connectivity index (χ4v) is 15.8. The standard InChI is InChI=1S/C21H19N2.3C20H18N3.C19H16N3/c1-14-10-17-9-8-16-6-4-5-7-18(16)20(17)11-19(14)21-12-22-15(2)13-23(21)3;1-13-8-15-10-22-19-7-5-4-6-16(19)18(15)9-17(13)20-11-21-14(2)12-23(20)3;1-13-8-19-18(16-7-5-4-6-15(16)10-22-19)9-17(13)20-11-21-14(2)12-23(20)3;1-13-10-15-12-21-19-7-5-4-6-16(19)18(15)11-17(13)20-22-14(2)8-9-23(20)3;1-13-10-18-17(15-7-4-3-6-14(15)12-21-18)11-16(13)19-20-8-5-9-22(19)2/h4-13H,1-3H3;3*4-12H,1-3H3;3-12H,1-2H3/q5*+1. The van der Waals surface area contributed by atoms with Crippen molar-refractivity contribution < 1.29 is 22.8 Å². The van der Waals surface area contributed by atoms with Crippen molar-refractivity contribution in [2.24, 2.45) is 35.2 Å². The molecule has 14 heteroatoms. The van der Waals surface area contributed by atoms with Crippen molar-refractivity contribution in [1.29, 1.82) is 0 Å². The average molecular weight is 1490 g/mol. The van der Waals surface area contributed by atoms with Gasteiger partial charge in [-0.05, 0) is 203 Å². The van der Waals surface area contributed by atoms with E-state index in [4.69, 9.17) is 4.98 Å². The quantitative estimate of drug-likeness (QED) is 0.122. The molecule has 0 fully saturated rings. The first-order valence-electron chi connectivity index (χ1n) is 38.4. The molecular weight excluding hydrogens is 1400 g/mol. The lowest BCUT2D eigenvalue weighted by Gasteiger charge is -2.09. The Balaban J connectivity index is 0.000000107. The van der Waals surface area contributed by atoms with Gasteiger partial charge in [0, 0.05) is 86.9 Å². The molecule has 0 N–H and O–H groups in total. The molecule has 9 aromatic heterocycles. The molecule has 9 heterocycles. The van der Waals surface area contributed by atoms with Crippen LogP contribution in [0.15, 0.2) is 287 Å². The molecule has 114 heavy (non-hydrogen) atoms. The van der Waals surface area contributed by atoms with E-state index in [1.807, 2.05) is 132 Å². The molecule has 11 aromatic carbocycles. The minimum Gasteiger partial charge on any atom is -0.256 e. The smallest absolute Gasteiger partial charge is 0.256 e. The Kier molecular flexibility index (Phi) is 20.4. The lowest BCUT2D eigenvalue weighted by atomic mass is 9.96. The van der Waals surface area contributed by atoms with Crippen LogP contribution in [0.1, 0.15) is 50.6 Å². The summed E-state index contributed by atoms with van der Waals surface area (Å²) in [5, 5.41) is 19.5. The highest BCUT2D eigenvalue weighted by Crippen LogP contribution is 2.37. The third kappa shape index (κ3) is 14.9. The van der Waals surface area contributed by atoms with Crippen molar-refractivity contribution in [3.63, 3.8) is 0 Å². The van der Waals surface area contributed by atoms with Crippen molar-refractivity contribution in [2.45, 2.75) is 62.3 Å². The highest BCUT2D eigenvalue weighted by Gasteiger charge is 2.23. The molecule has 0 bridgehead atoms. The van der Waals surface area contributed by atoms with E-state index in [1.165, 1.54) is 131 Å². The summed E-state index contributed by atoms with van der Waals surface area (Å²) in [4.78, 5) is 41.0. The van der Waals surface area contributed by atoms with E-state index >= 15 is 0 Å². The molecule has 0 aliphatic heterocycles. The molecule has 0 atom stereocenters. The van der Waals surface area contributed by atoms with Crippen LogP contribution < -0.4 is 22.8 Å². The number of hydrogen-bond donors (Lipinski definition) is 0. The molecule has 0 spiro atoms. The molecule has 0 radical (unpaired) electrons. The van der Waals surface area contributed by atoms with Crippen LogP contribution in [-0.2, 0) is 35.2 Å². The zero-order chi connectivity index (χ0) is 79.0. The van der Waals surface area contributed by atoms with Gasteiger partial charge in [0.25, 0.3) is 0 Å². The molecule has 0 saturated carbocycles. The molecule has 0 amide bonds. The second kappa shape index (κ2) is 31.4. The van der Waals surface area contributed by atoms with E-state index in [-0.39, 0.29) is 0 Å². The van der Waals surface area contributed by atoms with Gasteiger partial charge < -0.3 is 0 Å². The first-order valence-corrected chi connectivity index (χ1v) is 38.4. The topological polar surface area (TPSA) is 135 Å². The highest BCUT2D eigenvalue weighted by atomic mass is 15.0. The maximum atomic E-state index is 4.74. The Morgan fingerprint density at radius 2 is 0.570 bits per heavy atom. The van der Waals surface area contributed by atoms with Crippen molar-refractivity contribution in [3.8, 4) is 56.5 Å². The largest absolute Gasteiger partial charge is 0.330 e. The summed E-state index contributed by atoms with van der Waals surface area (Å²) in [5.41, 5.74) is 23.7. The van der Waals surface area contributed by atoms with Crippen LogP contribution in [0.2, 0.25) is 0 Å². The molecule has 14 nitrogen and oxygen atoms in total. The number of benzene rings is 11. The summed E-state index contributed by atoms with van der Waals surface area (Å²) in [6.45, 7) is 18.8. The number of aromatic nitrogens is 14. The van der Waals surface area contributed by atoms with Gasteiger partial charge in [-0.15, -0.1) is 0 Å². The second-order valence-electron chi connectivity index (χ2n) is 29.9. The summed E-state index contributed by atoms with van der Waals surface area (Å²) in [7, 11) is 10.3. The van der Waals surface area contributed by atoms with Crippen LogP contribution >= 0.6 is 0 Å². The van der Waals surface area contributed by atoms with Gasteiger partial charge in [0.05, 0.1) is 95.0 Å². The number of hydrogen-bond acceptors (Lipinski definition) is 9. The molecule has 0 saturated heterocycles. The van der Waals surface area contributed by atoms with Crippen LogP contribution in [0.25, 0.3) is 165 Å². The van der Waals surface area contributed by atoms with Gasteiger partial charge >= 0.3 is 11.6 Å². The monoisotopic (exact) mass is 1490 g/mol. The summed E-state index contributed by atoms with van der Waals surface area (Å²) < 4.78 is 10.5. The number of nitrogens with zero attached hydrogens (tertiary/aromatic N) is 14. The van der Waals surface area contributed by atoms with Gasteiger partial charge in [0.1, 0.15) is 44.4 Å². The van der Waals surface area contributed by atoms with Crippen LogP contribution in [0, 0.1) is 62.3 Å². The number of fused-ring (bicyclic) bond motifs is 15. The normalized spacial score (nSPS) is 11.2. The Morgan fingerprint density at radius 1 is 0.219 bits per heavy atom. The Hall–Kier alpha value is -14.0. The van der Waals surface area contributed by atoms with Gasteiger partial charge in [-0.3, -0.25) is 19.9 Å². The van der Waals surface area contributed by atoms with Crippen molar-refractivity contribution >= 4 is 108 Å². The maximum Gasteiger partial charge on any atom is 0.330 e. The van der Waals surface area contributed by atoms with Gasteiger partial charge in [-0.2, -0.15) is 13.7 Å². The van der Waals surface area contributed by atoms with Gasteiger partial charge in [-0.1, -0.05) is 127 Å². The van der Waals surface area contributed by atoms with Crippen LogP contribution in [0.3, 0.4) is 0 Å². The molecule has 554 valence electrons. The lowest BCUT2D eigenvalue weighted by Crippen LogP contribution is -2.32. The van der Waals surface area contributed by atoms with Gasteiger partial charge in [0.15, 0.2) is 24.3 Å².